The zero-order valence-electron chi connectivity index (χ0n) is 23.5. The normalized spacial score (nSPS) is 12.2. The van der Waals surface area contributed by atoms with Crippen LogP contribution in [0.3, 0.4) is 0 Å². The van der Waals surface area contributed by atoms with E-state index in [4.69, 9.17) is 0 Å². The van der Waals surface area contributed by atoms with Gasteiger partial charge in [0.15, 0.2) is 0 Å². The Labute approximate surface area is 256 Å². The van der Waals surface area contributed by atoms with Crippen LogP contribution in [0.1, 0.15) is 0 Å². The van der Waals surface area contributed by atoms with E-state index in [1.165, 1.54) is 43.4 Å². The molecular formula is C41H23NOS. The average molecular weight is 578 g/mol. The lowest BCUT2D eigenvalue weighted by Crippen LogP contribution is -2.11. The molecule has 0 spiro atoms. The van der Waals surface area contributed by atoms with Gasteiger partial charge >= 0.3 is 0 Å². The molecule has 0 aliphatic rings. The number of fused-ring (bicyclic) bond motifs is 11. The third kappa shape index (κ3) is 3.17. The van der Waals surface area contributed by atoms with Gasteiger partial charge in [0.2, 0.25) is 0 Å². The molecule has 3 heteroatoms. The Morgan fingerprint density at radius 2 is 0.955 bits per heavy atom. The summed E-state index contributed by atoms with van der Waals surface area (Å²) < 4.78 is 2.98. The summed E-state index contributed by atoms with van der Waals surface area (Å²) >= 11 is 1.64. The van der Waals surface area contributed by atoms with Crippen LogP contribution in [0.15, 0.2) is 144 Å². The van der Waals surface area contributed by atoms with Gasteiger partial charge in [0.25, 0.3) is 5.56 Å². The van der Waals surface area contributed by atoms with Crippen LogP contribution in [0.4, 0.5) is 0 Å². The molecule has 0 saturated carbocycles. The van der Waals surface area contributed by atoms with Crippen LogP contribution in [0, 0.1) is 0 Å². The van der Waals surface area contributed by atoms with Gasteiger partial charge in [-0.2, -0.15) is 0 Å². The standard InChI is InChI=1S/C41H23NOS/c43-41-35-19-20-44-40(35)34-14-6-13-33-37-23-27(16-18-38(37)42(41)39(33)34)25-8-5-7-24(21-25)26-15-17-32-30-11-2-1-9-28(30)29-10-3-4-12-31(29)36(32)22-26/h1-23H. The minimum absolute atomic E-state index is 0.0614. The fraction of sp³-hybridized carbons (Fsp3) is 0. The van der Waals surface area contributed by atoms with Crippen LogP contribution in [0.25, 0.3) is 91.8 Å². The molecule has 0 saturated heterocycles. The van der Waals surface area contributed by atoms with E-state index in [0.717, 1.165) is 48.4 Å². The smallest absolute Gasteiger partial charge is 0.264 e. The first-order valence-corrected chi connectivity index (χ1v) is 15.8. The Bertz CT molecular complexity index is 2820. The highest BCUT2D eigenvalue weighted by atomic mass is 32.1. The molecule has 44 heavy (non-hydrogen) atoms. The number of hydrogen-bond donors (Lipinski definition) is 0. The Morgan fingerprint density at radius 1 is 0.409 bits per heavy atom. The average Bonchev–Trinajstić information content (AvgIpc) is 3.72. The van der Waals surface area contributed by atoms with Gasteiger partial charge in [0.1, 0.15) is 0 Å². The maximum atomic E-state index is 13.6. The number of para-hydroxylation sites is 1. The van der Waals surface area contributed by atoms with Crippen molar-refractivity contribution in [2.45, 2.75) is 0 Å². The highest BCUT2D eigenvalue weighted by molar-refractivity contribution is 7.18. The maximum Gasteiger partial charge on any atom is 0.264 e. The third-order valence-electron chi connectivity index (χ3n) is 9.40. The van der Waals surface area contributed by atoms with Gasteiger partial charge in [-0.3, -0.25) is 9.20 Å². The van der Waals surface area contributed by atoms with E-state index in [0.29, 0.717) is 0 Å². The lowest BCUT2D eigenvalue weighted by Gasteiger charge is -2.12. The topological polar surface area (TPSA) is 21.5 Å². The minimum Gasteiger partial charge on any atom is -0.275 e. The van der Waals surface area contributed by atoms with E-state index in [1.807, 2.05) is 15.8 Å². The van der Waals surface area contributed by atoms with E-state index in [9.17, 15) is 4.79 Å². The van der Waals surface area contributed by atoms with E-state index >= 15 is 0 Å². The Hall–Kier alpha value is -5.51. The van der Waals surface area contributed by atoms with E-state index in [1.54, 1.807) is 11.3 Å². The van der Waals surface area contributed by atoms with Crippen molar-refractivity contribution in [2.24, 2.45) is 0 Å². The van der Waals surface area contributed by atoms with Gasteiger partial charge < -0.3 is 0 Å². The molecule has 10 rings (SSSR count). The second kappa shape index (κ2) is 8.76. The van der Waals surface area contributed by atoms with Crippen LogP contribution in [-0.2, 0) is 0 Å². The number of thiophene rings is 1. The van der Waals surface area contributed by atoms with Crippen molar-refractivity contribution < 1.29 is 0 Å². The van der Waals surface area contributed by atoms with Gasteiger partial charge in [0, 0.05) is 20.9 Å². The summed E-state index contributed by atoms with van der Waals surface area (Å²) in [6.45, 7) is 0. The Morgan fingerprint density at radius 3 is 1.68 bits per heavy atom. The molecule has 2 nitrogen and oxygen atoms in total. The second-order valence-corrected chi connectivity index (χ2v) is 12.6. The van der Waals surface area contributed by atoms with Crippen LogP contribution in [0.2, 0.25) is 0 Å². The summed E-state index contributed by atoms with van der Waals surface area (Å²) in [5, 5.41) is 13.9. The summed E-state index contributed by atoms with van der Waals surface area (Å²) in [6, 6.07) is 48.0. The van der Waals surface area contributed by atoms with Crippen molar-refractivity contribution in [3.05, 3.63) is 149 Å². The number of aromatic nitrogens is 1. The zero-order chi connectivity index (χ0) is 28.9. The molecule has 204 valence electrons. The first-order chi connectivity index (χ1) is 21.7. The van der Waals surface area contributed by atoms with Gasteiger partial charge in [-0.1, -0.05) is 103 Å². The highest BCUT2D eigenvalue weighted by Gasteiger charge is 2.18. The second-order valence-electron chi connectivity index (χ2n) is 11.7. The molecule has 0 aliphatic carbocycles. The summed E-state index contributed by atoms with van der Waals surface area (Å²) in [4.78, 5) is 13.6. The first-order valence-electron chi connectivity index (χ1n) is 14.9. The quantitative estimate of drug-likeness (QED) is 0.187. The summed E-state index contributed by atoms with van der Waals surface area (Å²) in [6.07, 6.45) is 0. The van der Waals surface area contributed by atoms with Crippen LogP contribution in [0.5, 0.6) is 0 Å². The number of nitrogens with zero attached hydrogens (tertiary/aromatic N) is 1. The fourth-order valence-electron chi connectivity index (χ4n) is 7.41. The van der Waals surface area contributed by atoms with Crippen molar-refractivity contribution >= 4 is 80.9 Å². The van der Waals surface area contributed by atoms with Crippen molar-refractivity contribution in [3.8, 4) is 22.3 Å². The largest absolute Gasteiger partial charge is 0.275 e. The minimum atomic E-state index is 0.0614. The van der Waals surface area contributed by atoms with Gasteiger partial charge in [-0.15, -0.1) is 11.3 Å². The molecule has 3 heterocycles. The maximum absolute atomic E-state index is 13.6. The first kappa shape index (κ1) is 24.0. The van der Waals surface area contributed by atoms with Crippen molar-refractivity contribution in [3.63, 3.8) is 0 Å². The molecule has 0 radical (unpaired) electrons. The van der Waals surface area contributed by atoms with Crippen LogP contribution >= 0.6 is 11.3 Å². The molecule has 0 amide bonds. The monoisotopic (exact) mass is 577 g/mol. The summed E-state index contributed by atoms with van der Waals surface area (Å²) in [5.41, 5.74) is 6.72. The Kier molecular flexibility index (Phi) is 4.78. The zero-order valence-corrected chi connectivity index (χ0v) is 24.4. The Balaban J connectivity index is 1.17. The van der Waals surface area contributed by atoms with Crippen LogP contribution < -0.4 is 5.56 Å². The van der Waals surface area contributed by atoms with Crippen molar-refractivity contribution in [1.29, 1.82) is 0 Å². The molecule has 0 fully saturated rings. The molecule has 0 unspecified atom stereocenters. The van der Waals surface area contributed by atoms with Gasteiger partial charge in [-0.05, 0) is 90.3 Å². The molecule has 0 atom stereocenters. The molecule has 0 aliphatic heterocycles. The molecule has 7 aromatic carbocycles. The van der Waals surface area contributed by atoms with Gasteiger partial charge in [0.05, 0.1) is 16.4 Å². The van der Waals surface area contributed by atoms with E-state index < -0.39 is 0 Å². The number of hydrogen-bond acceptors (Lipinski definition) is 2. The molecule has 0 N–H and O–H groups in total. The predicted molar refractivity (Wildman–Crippen MR) is 189 cm³/mol. The number of benzene rings is 7. The number of pyridine rings is 1. The van der Waals surface area contributed by atoms with E-state index in [-0.39, 0.29) is 5.56 Å². The van der Waals surface area contributed by atoms with Crippen molar-refractivity contribution in [1.82, 2.24) is 4.40 Å². The van der Waals surface area contributed by atoms with Crippen LogP contribution in [-0.4, -0.2) is 4.40 Å². The molecule has 10 aromatic rings. The molecular weight excluding hydrogens is 555 g/mol. The fourth-order valence-corrected chi connectivity index (χ4v) is 8.33. The number of rotatable bonds is 2. The van der Waals surface area contributed by atoms with Gasteiger partial charge in [-0.25, -0.2) is 0 Å². The van der Waals surface area contributed by atoms with E-state index in [2.05, 4.69) is 127 Å². The summed E-state index contributed by atoms with van der Waals surface area (Å²) in [5.74, 6) is 0. The lowest BCUT2D eigenvalue weighted by atomic mass is 9.91. The lowest BCUT2D eigenvalue weighted by molar-refractivity contribution is 1.21. The van der Waals surface area contributed by atoms with Crippen molar-refractivity contribution in [2.75, 3.05) is 0 Å². The molecule has 3 aromatic heterocycles. The highest BCUT2D eigenvalue weighted by Crippen LogP contribution is 2.40. The summed E-state index contributed by atoms with van der Waals surface area (Å²) in [7, 11) is 0. The third-order valence-corrected chi connectivity index (χ3v) is 10.4. The molecule has 0 bridgehead atoms. The predicted octanol–water partition coefficient (Wildman–Crippen LogP) is 11.1. The SMILES string of the molecule is O=c1c2ccsc2c2cccc3c4cc(-c5cccc(-c6ccc7c8ccccc8c8ccccc8c7c6)c5)ccc4n1c32.